The molecule has 1 aromatic rings. The van der Waals surface area contributed by atoms with Crippen LogP contribution in [0, 0.1) is 23.2 Å². The van der Waals surface area contributed by atoms with Crippen LogP contribution < -0.4 is 0 Å². The van der Waals surface area contributed by atoms with Crippen molar-refractivity contribution >= 4 is 23.2 Å². The van der Waals surface area contributed by atoms with Gasteiger partial charge in [-0.2, -0.15) is 5.26 Å². The summed E-state index contributed by atoms with van der Waals surface area (Å²) in [5.41, 5.74) is 3.28. The molecule has 3 heteroatoms. The number of rotatable bonds is 0. The zero-order chi connectivity index (χ0) is 12.4. The number of alkyl halides is 2. The quantitative estimate of drug-likeness (QED) is 0.522. The summed E-state index contributed by atoms with van der Waals surface area (Å²) in [4.78, 5) is 0. The van der Waals surface area contributed by atoms with Crippen LogP contribution >= 0.6 is 23.2 Å². The van der Waals surface area contributed by atoms with Crippen molar-refractivity contribution in [3.63, 3.8) is 0 Å². The molecule has 0 saturated heterocycles. The molecule has 1 fully saturated rings. The highest BCUT2D eigenvalue weighted by Gasteiger charge is 2.59. The van der Waals surface area contributed by atoms with Gasteiger partial charge < -0.3 is 0 Å². The average molecular weight is 276 g/mol. The van der Waals surface area contributed by atoms with Gasteiger partial charge in [0.15, 0.2) is 0 Å². The van der Waals surface area contributed by atoms with E-state index in [-0.39, 0.29) is 16.7 Å². The van der Waals surface area contributed by atoms with Crippen molar-refractivity contribution in [1.29, 1.82) is 5.26 Å². The lowest BCUT2D eigenvalue weighted by atomic mass is 9.50. The number of nitrogens with zero attached hydrogens (tertiary/aromatic N) is 1. The van der Waals surface area contributed by atoms with E-state index >= 15 is 0 Å². The van der Waals surface area contributed by atoms with Gasteiger partial charge in [-0.1, -0.05) is 24.3 Å². The van der Waals surface area contributed by atoms with E-state index in [1.807, 2.05) is 12.1 Å². The number of benzene rings is 1. The molecule has 0 N–H and O–H groups in total. The fourth-order valence-electron chi connectivity index (χ4n) is 4.02. The summed E-state index contributed by atoms with van der Waals surface area (Å²) in [6.45, 7) is 0. The van der Waals surface area contributed by atoms with E-state index in [9.17, 15) is 5.26 Å². The molecule has 6 atom stereocenters. The fourth-order valence-corrected chi connectivity index (χ4v) is 5.00. The first-order valence-electron chi connectivity index (χ1n) is 6.23. The van der Waals surface area contributed by atoms with Crippen molar-refractivity contribution in [1.82, 2.24) is 0 Å². The van der Waals surface area contributed by atoms with Crippen molar-refractivity contribution in [2.45, 2.75) is 22.6 Å². The first-order chi connectivity index (χ1) is 8.74. The molecule has 90 valence electrons. The highest BCUT2D eigenvalue weighted by Crippen LogP contribution is 2.63. The van der Waals surface area contributed by atoms with Crippen LogP contribution in [-0.4, -0.2) is 10.8 Å². The summed E-state index contributed by atoms with van der Waals surface area (Å²) in [7, 11) is 0. The Balaban J connectivity index is 1.94. The van der Waals surface area contributed by atoms with Gasteiger partial charge >= 0.3 is 0 Å². The van der Waals surface area contributed by atoms with E-state index in [0.29, 0.717) is 17.8 Å². The molecule has 5 rings (SSSR count). The van der Waals surface area contributed by atoms with E-state index in [1.165, 1.54) is 11.1 Å². The van der Waals surface area contributed by atoms with E-state index in [4.69, 9.17) is 23.2 Å². The average Bonchev–Trinajstić information content (AvgIpc) is 2.45. The molecule has 0 radical (unpaired) electrons. The second-order valence-corrected chi connectivity index (χ2v) is 6.41. The molecule has 0 aliphatic heterocycles. The van der Waals surface area contributed by atoms with Gasteiger partial charge in [-0.15, -0.1) is 23.2 Å². The van der Waals surface area contributed by atoms with Crippen molar-refractivity contribution in [2.75, 3.05) is 0 Å². The maximum atomic E-state index is 9.28. The molecular formula is C15H11Cl2N. The third kappa shape index (κ3) is 1.09. The van der Waals surface area contributed by atoms with E-state index in [2.05, 4.69) is 24.3 Å². The third-order valence-corrected chi connectivity index (χ3v) is 6.05. The van der Waals surface area contributed by atoms with Gasteiger partial charge in [-0.3, -0.25) is 0 Å². The number of hydrogen-bond acceptors (Lipinski definition) is 1. The van der Waals surface area contributed by atoms with Crippen LogP contribution in [0.3, 0.4) is 0 Å². The minimum atomic E-state index is 0.0361. The normalized spacial score (nSPS) is 42.7. The van der Waals surface area contributed by atoms with Crippen LogP contribution in [0.1, 0.15) is 28.5 Å². The molecule has 1 aromatic carbocycles. The van der Waals surface area contributed by atoms with Crippen molar-refractivity contribution in [3.05, 3.63) is 47.0 Å². The zero-order valence-electron chi connectivity index (χ0n) is 9.55. The minimum absolute atomic E-state index is 0.0361. The van der Waals surface area contributed by atoms with E-state index in [0.717, 1.165) is 5.56 Å². The number of hydrogen-bond donors (Lipinski definition) is 0. The molecule has 1 saturated carbocycles. The van der Waals surface area contributed by atoms with Gasteiger partial charge in [-0.25, -0.2) is 0 Å². The molecule has 4 aliphatic carbocycles. The van der Waals surface area contributed by atoms with Crippen LogP contribution in [0.2, 0.25) is 0 Å². The standard InChI is InChI=1S/C15H11Cl2N/c16-14-12-9-4-5-10(13(12)15(14)17)11-7(6-18)2-1-3-8(9)11/h1-5,9-10,12-15H/t9-,10-,12-,13-,14+,15-/m1/s1. The number of nitriles is 1. The molecule has 18 heavy (non-hydrogen) atoms. The smallest absolute Gasteiger partial charge is 0.0994 e. The Morgan fingerprint density at radius 3 is 2.39 bits per heavy atom. The first kappa shape index (κ1) is 10.9. The van der Waals surface area contributed by atoms with E-state index < -0.39 is 0 Å². The summed E-state index contributed by atoms with van der Waals surface area (Å²) in [5.74, 6) is 1.49. The molecule has 0 aromatic heterocycles. The molecule has 0 spiro atoms. The van der Waals surface area contributed by atoms with Crippen LogP contribution in [0.15, 0.2) is 30.4 Å². The lowest BCUT2D eigenvalue weighted by molar-refractivity contribution is 0.129. The lowest BCUT2D eigenvalue weighted by Gasteiger charge is -2.58. The molecule has 0 amide bonds. The van der Waals surface area contributed by atoms with Gasteiger partial charge in [0.1, 0.15) is 0 Å². The lowest BCUT2D eigenvalue weighted by Crippen LogP contribution is -2.57. The summed E-state index contributed by atoms with van der Waals surface area (Å²) >= 11 is 12.8. The summed E-state index contributed by atoms with van der Waals surface area (Å²) in [5, 5.41) is 9.38. The Morgan fingerprint density at radius 2 is 1.67 bits per heavy atom. The second-order valence-electron chi connectivity index (χ2n) is 5.40. The zero-order valence-corrected chi connectivity index (χ0v) is 11.1. The summed E-state index contributed by atoms with van der Waals surface area (Å²) in [6.07, 6.45) is 4.49. The topological polar surface area (TPSA) is 23.8 Å². The van der Waals surface area contributed by atoms with Gasteiger partial charge in [0, 0.05) is 11.8 Å². The first-order valence-corrected chi connectivity index (χ1v) is 7.10. The molecule has 0 heterocycles. The van der Waals surface area contributed by atoms with Gasteiger partial charge in [-0.05, 0) is 29.0 Å². The summed E-state index contributed by atoms with van der Waals surface area (Å²) in [6, 6.07) is 8.33. The largest absolute Gasteiger partial charge is 0.192 e. The monoisotopic (exact) mass is 275 g/mol. The Labute approximate surface area is 116 Å². The van der Waals surface area contributed by atoms with Gasteiger partial charge in [0.05, 0.1) is 22.4 Å². The Hall–Kier alpha value is -0.970. The molecule has 0 unspecified atom stereocenters. The minimum Gasteiger partial charge on any atom is -0.192 e. The highest BCUT2D eigenvalue weighted by molar-refractivity contribution is 6.31. The molecule has 2 bridgehead atoms. The van der Waals surface area contributed by atoms with Crippen LogP contribution in [0.4, 0.5) is 0 Å². The van der Waals surface area contributed by atoms with Crippen LogP contribution in [0.25, 0.3) is 0 Å². The Morgan fingerprint density at radius 1 is 1.00 bits per heavy atom. The number of allylic oxidation sites excluding steroid dienone is 2. The maximum Gasteiger partial charge on any atom is 0.0994 e. The number of halogens is 2. The van der Waals surface area contributed by atoms with Crippen molar-refractivity contribution < 1.29 is 0 Å². The predicted octanol–water partition coefficient (Wildman–Crippen LogP) is 3.77. The third-order valence-electron chi connectivity index (χ3n) is 4.79. The molecule has 1 nitrogen and oxygen atoms in total. The molecule has 4 aliphatic rings. The Kier molecular flexibility index (Phi) is 2.14. The second kappa shape index (κ2) is 3.53. The predicted molar refractivity (Wildman–Crippen MR) is 72.0 cm³/mol. The van der Waals surface area contributed by atoms with Gasteiger partial charge in [0.2, 0.25) is 0 Å². The van der Waals surface area contributed by atoms with Crippen molar-refractivity contribution in [2.24, 2.45) is 11.8 Å². The van der Waals surface area contributed by atoms with Crippen LogP contribution in [0.5, 0.6) is 0 Å². The van der Waals surface area contributed by atoms with Crippen LogP contribution in [-0.2, 0) is 0 Å². The maximum absolute atomic E-state index is 9.28. The van der Waals surface area contributed by atoms with Gasteiger partial charge in [0.25, 0.3) is 0 Å². The Bertz CT molecular complexity index is 601. The van der Waals surface area contributed by atoms with E-state index in [1.54, 1.807) is 0 Å². The van der Waals surface area contributed by atoms with Crippen molar-refractivity contribution in [3.8, 4) is 6.07 Å². The fraction of sp³-hybridized carbons (Fsp3) is 0.400. The highest BCUT2D eigenvalue weighted by atomic mass is 35.5. The SMILES string of the molecule is N#Cc1cccc2c1[C@H]1C=C[C@H]2[C@H]2[C@H](Cl)[C@H](Cl)[C@@H]21. The summed E-state index contributed by atoms with van der Waals surface area (Å²) < 4.78 is 0. The molecular weight excluding hydrogens is 265 g/mol.